The maximum Gasteiger partial charge on any atom is 0.433 e. The van der Waals surface area contributed by atoms with Gasteiger partial charge in [-0.05, 0) is 37.1 Å². The number of carbonyl (C=O) groups is 1. The number of hydrogen-bond acceptors (Lipinski definition) is 5. The molecule has 0 radical (unpaired) electrons. The standard InChI is InChI=1S/C15H15N3O4/c19-15(13-6-7-14(22-13)18(20)21)16-11-4-3-5-12(10-11)17-8-1-2-9-17/h3-7,10H,1-2,8-9H2,(H,16,19). The molecule has 1 aliphatic rings. The Morgan fingerprint density at radius 1 is 1.23 bits per heavy atom. The van der Waals surface area contributed by atoms with Crippen molar-refractivity contribution in [3.8, 4) is 0 Å². The summed E-state index contributed by atoms with van der Waals surface area (Å²) >= 11 is 0. The third-order valence-electron chi connectivity index (χ3n) is 3.57. The van der Waals surface area contributed by atoms with Crippen molar-refractivity contribution in [1.29, 1.82) is 0 Å². The Morgan fingerprint density at radius 2 is 2.00 bits per heavy atom. The van der Waals surface area contributed by atoms with Gasteiger partial charge in [-0.2, -0.15) is 0 Å². The third kappa shape index (κ3) is 2.93. The second-order valence-corrected chi connectivity index (χ2v) is 5.09. The van der Waals surface area contributed by atoms with Crippen LogP contribution in [-0.4, -0.2) is 23.9 Å². The van der Waals surface area contributed by atoms with E-state index in [0.29, 0.717) is 5.69 Å². The van der Waals surface area contributed by atoms with Crippen molar-refractivity contribution in [2.75, 3.05) is 23.3 Å². The molecule has 114 valence electrons. The Morgan fingerprint density at radius 3 is 2.68 bits per heavy atom. The van der Waals surface area contributed by atoms with Gasteiger partial charge in [0.25, 0.3) is 5.91 Å². The molecule has 0 saturated carbocycles. The van der Waals surface area contributed by atoms with Gasteiger partial charge in [-0.25, -0.2) is 0 Å². The summed E-state index contributed by atoms with van der Waals surface area (Å²) in [7, 11) is 0. The molecule has 1 fully saturated rings. The van der Waals surface area contributed by atoms with E-state index in [1.165, 1.54) is 18.9 Å². The zero-order valence-corrected chi connectivity index (χ0v) is 11.8. The molecule has 0 aliphatic carbocycles. The number of furan rings is 1. The van der Waals surface area contributed by atoms with E-state index in [2.05, 4.69) is 10.2 Å². The van der Waals surface area contributed by atoms with Gasteiger partial charge in [-0.3, -0.25) is 14.9 Å². The molecule has 1 aromatic carbocycles. The van der Waals surface area contributed by atoms with Gasteiger partial charge in [-0.15, -0.1) is 0 Å². The van der Waals surface area contributed by atoms with Crippen LogP contribution in [0.1, 0.15) is 23.4 Å². The molecule has 2 aromatic rings. The lowest BCUT2D eigenvalue weighted by atomic mass is 10.2. The summed E-state index contributed by atoms with van der Waals surface area (Å²) in [5.74, 6) is -1.04. The Hall–Kier alpha value is -2.83. The Bertz CT molecular complexity index is 704. The normalized spacial score (nSPS) is 14.1. The summed E-state index contributed by atoms with van der Waals surface area (Å²) in [6.45, 7) is 2.03. The first-order chi connectivity index (χ1) is 10.6. The first-order valence-electron chi connectivity index (χ1n) is 7.04. The van der Waals surface area contributed by atoms with E-state index >= 15 is 0 Å². The number of benzene rings is 1. The predicted octanol–water partition coefficient (Wildman–Crippen LogP) is 3.04. The van der Waals surface area contributed by atoms with Crippen molar-refractivity contribution in [3.63, 3.8) is 0 Å². The van der Waals surface area contributed by atoms with E-state index in [9.17, 15) is 14.9 Å². The van der Waals surface area contributed by atoms with Crippen molar-refractivity contribution < 1.29 is 14.1 Å². The van der Waals surface area contributed by atoms with Crippen LogP contribution in [0.4, 0.5) is 17.3 Å². The van der Waals surface area contributed by atoms with Crippen molar-refractivity contribution in [1.82, 2.24) is 0 Å². The molecule has 1 aromatic heterocycles. The molecule has 7 nitrogen and oxygen atoms in total. The quantitative estimate of drug-likeness (QED) is 0.692. The summed E-state index contributed by atoms with van der Waals surface area (Å²) in [6.07, 6.45) is 2.35. The second-order valence-electron chi connectivity index (χ2n) is 5.09. The zero-order valence-electron chi connectivity index (χ0n) is 11.8. The first kappa shape index (κ1) is 14.1. The number of nitrogens with one attached hydrogen (secondary N) is 1. The molecule has 1 saturated heterocycles. The van der Waals surface area contributed by atoms with Crippen LogP contribution in [0, 0.1) is 10.1 Å². The van der Waals surface area contributed by atoms with Gasteiger partial charge >= 0.3 is 5.88 Å². The molecule has 1 amide bonds. The second kappa shape index (κ2) is 5.88. The van der Waals surface area contributed by atoms with E-state index in [1.807, 2.05) is 18.2 Å². The van der Waals surface area contributed by atoms with E-state index in [4.69, 9.17) is 4.42 Å². The number of rotatable bonds is 4. The molecule has 0 unspecified atom stereocenters. The molecule has 0 bridgehead atoms. The lowest BCUT2D eigenvalue weighted by molar-refractivity contribution is -0.402. The van der Waals surface area contributed by atoms with Gasteiger partial charge in [0.15, 0.2) is 5.76 Å². The zero-order chi connectivity index (χ0) is 15.5. The lowest BCUT2D eigenvalue weighted by Gasteiger charge is -2.18. The van der Waals surface area contributed by atoms with E-state index in [1.54, 1.807) is 6.07 Å². The highest BCUT2D eigenvalue weighted by molar-refractivity contribution is 6.02. The summed E-state index contributed by atoms with van der Waals surface area (Å²) < 4.78 is 4.89. The van der Waals surface area contributed by atoms with Gasteiger partial charge in [-0.1, -0.05) is 6.07 Å². The van der Waals surface area contributed by atoms with Gasteiger partial charge in [0.1, 0.15) is 4.92 Å². The minimum Gasteiger partial charge on any atom is -0.395 e. The number of amides is 1. The van der Waals surface area contributed by atoms with Crippen LogP contribution in [0.5, 0.6) is 0 Å². The maximum atomic E-state index is 12.0. The van der Waals surface area contributed by atoms with Crippen LogP contribution >= 0.6 is 0 Å². The number of carbonyl (C=O) groups excluding carboxylic acids is 1. The minimum atomic E-state index is -0.676. The van der Waals surface area contributed by atoms with Gasteiger partial charge in [0, 0.05) is 24.5 Å². The Labute approximate surface area is 126 Å². The molecule has 1 aliphatic heterocycles. The fourth-order valence-corrected chi connectivity index (χ4v) is 2.50. The number of hydrogen-bond donors (Lipinski definition) is 1. The van der Waals surface area contributed by atoms with Crippen LogP contribution in [0.25, 0.3) is 0 Å². The smallest absolute Gasteiger partial charge is 0.395 e. The third-order valence-corrected chi connectivity index (χ3v) is 3.57. The molecule has 3 rings (SSSR count). The van der Waals surface area contributed by atoms with E-state index in [0.717, 1.165) is 24.8 Å². The monoisotopic (exact) mass is 301 g/mol. The number of nitro groups is 1. The van der Waals surface area contributed by atoms with E-state index < -0.39 is 16.7 Å². The summed E-state index contributed by atoms with van der Waals surface area (Å²) in [5.41, 5.74) is 1.69. The van der Waals surface area contributed by atoms with Crippen LogP contribution in [0.15, 0.2) is 40.8 Å². The average molecular weight is 301 g/mol. The largest absolute Gasteiger partial charge is 0.433 e. The molecular formula is C15H15N3O4. The topological polar surface area (TPSA) is 88.6 Å². The highest BCUT2D eigenvalue weighted by atomic mass is 16.6. The van der Waals surface area contributed by atoms with Gasteiger partial charge < -0.3 is 14.6 Å². The van der Waals surface area contributed by atoms with Crippen molar-refractivity contribution >= 4 is 23.2 Å². The van der Waals surface area contributed by atoms with Crippen LogP contribution in [0.2, 0.25) is 0 Å². The van der Waals surface area contributed by atoms with Crippen LogP contribution < -0.4 is 10.2 Å². The summed E-state index contributed by atoms with van der Waals surface area (Å²) in [4.78, 5) is 24.2. The summed E-state index contributed by atoms with van der Waals surface area (Å²) in [5, 5.41) is 13.3. The van der Waals surface area contributed by atoms with Crippen LogP contribution in [0.3, 0.4) is 0 Å². The van der Waals surface area contributed by atoms with Gasteiger partial charge in [0.05, 0.1) is 6.07 Å². The summed E-state index contributed by atoms with van der Waals surface area (Å²) in [6, 6.07) is 9.98. The Kier molecular flexibility index (Phi) is 3.78. The molecular weight excluding hydrogens is 286 g/mol. The lowest BCUT2D eigenvalue weighted by Crippen LogP contribution is -2.18. The fourth-order valence-electron chi connectivity index (χ4n) is 2.50. The van der Waals surface area contributed by atoms with Crippen LogP contribution in [-0.2, 0) is 0 Å². The number of anilines is 2. The molecule has 22 heavy (non-hydrogen) atoms. The first-order valence-corrected chi connectivity index (χ1v) is 7.04. The Balaban J connectivity index is 1.73. The highest BCUT2D eigenvalue weighted by Crippen LogP contribution is 2.24. The molecule has 7 heteroatoms. The highest BCUT2D eigenvalue weighted by Gasteiger charge is 2.18. The van der Waals surface area contributed by atoms with Crippen molar-refractivity contribution in [2.45, 2.75) is 12.8 Å². The molecule has 1 N–H and O–H groups in total. The SMILES string of the molecule is O=C(Nc1cccc(N2CCCC2)c1)c1ccc([N+](=O)[O-])o1. The van der Waals surface area contributed by atoms with Crippen molar-refractivity contribution in [3.05, 3.63) is 52.3 Å². The average Bonchev–Trinajstić information content (AvgIpc) is 3.19. The molecule has 0 atom stereocenters. The number of nitrogens with zero attached hydrogens (tertiary/aromatic N) is 2. The van der Waals surface area contributed by atoms with Gasteiger partial charge in [0.2, 0.25) is 0 Å². The van der Waals surface area contributed by atoms with E-state index in [-0.39, 0.29) is 5.76 Å². The predicted molar refractivity (Wildman–Crippen MR) is 81.2 cm³/mol. The van der Waals surface area contributed by atoms with Crippen molar-refractivity contribution in [2.24, 2.45) is 0 Å². The molecule has 0 spiro atoms. The minimum absolute atomic E-state index is 0.0849. The maximum absolute atomic E-state index is 12.0. The fraction of sp³-hybridized carbons (Fsp3) is 0.267. The molecule has 2 heterocycles.